The van der Waals surface area contributed by atoms with E-state index in [-0.39, 0.29) is 0 Å². The van der Waals surface area contributed by atoms with Crippen LogP contribution in [0.4, 0.5) is 0 Å². The number of allylic oxidation sites excluding steroid dienone is 1. The molecule has 16 heavy (non-hydrogen) atoms. The van der Waals surface area contributed by atoms with Gasteiger partial charge < -0.3 is 4.90 Å². The summed E-state index contributed by atoms with van der Waals surface area (Å²) in [6.45, 7) is 3.45. The predicted molar refractivity (Wildman–Crippen MR) is 74.9 cm³/mol. The summed E-state index contributed by atoms with van der Waals surface area (Å²) in [5.74, 6) is 0. The smallest absolute Gasteiger partial charge is 0.000980 e. The van der Waals surface area contributed by atoms with Gasteiger partial charge in [0.05, 0.1) is 0 Å². The highest BCUT2D eigenvalue weighted by Gasteiger charge is 1.89. The summed E-state index contributed by atoms with van der Waals surface area (Å²) in [5.41, 5.74) is 0. The molecular formula is C15H31N. The van der Waals surface area contributed by atoms with Crippen LogP contribution >= 0.6 is 0 Å². The first-order chi connectivity index (χ1) is 7.77. The van der Waals surface area contributed by atoms with Crippen molar-refractivity contribution in [2.45, 2.75) is 64.7 Å². The zero-order valence-electron chi connectivity index (χ0n) is 11.7. The van der Waals surface area contributed by atoms with Crippen LogP contribution < -0.4 is 0 Å². The van der Waals surface area contributed by atoms with Gasteiger partial charge in [0.15, 0.2) is 0 Å². The van der Waals surface area contributed by atoms with Crippen molar-refractivity contribution in [1.29, 1.82) is 0 Å². The zero-order valence-corrected chi connectivity index (χ0v) is 11.7. The third kappa shape index (κ3) is 13.7. The molecular weight excluding hydrogens is 194 g/mol. The van der Waals surface area contributed by atoms with Crippen molar-refractivity contribution in [2.24, 2.45) is 0 Å². The second kappa shape index (κ2) is 12.8. The van der Waals surface area contributed by atoms with Gasteiger partial charge in [-0.2, -0.15) is 0 Å². The van der Waals surface area contributed by atoms with Crippen LogP contribution in [0, 0.1) is 0 Å². The lowest BCUT2D eigenvalue weighted by Gasteiger charge is -2.05. The average molecular weight is 225 g/mol. The summed E-state index contributed by atoms with van der Waals surface area (Å²) in [4.78, 5) is 2.23. The van der Waals surface area contributed by atoms with Gasteiger partial charge in [0, 0.05) is 6.54 Å². The Balaban J connectivity index is 3.03. The maximum absolute atomic E-state index is 2.36. The van der Waals surface area contributed by atoms with E-state index in [1.807, 2.05) is 0 Å². The van der Waals surface area contributed by atoms with Crippen molar-refractivity contribution in [3.63, 3.8) is 0 Å². The van der Waals surface area contributed by atoms with Crippen LogP contribution in [0.2, 0.25) is 0 Å². The number of rotatable bonds is 11. The fourth-order valence-electron chi connectivity index (χ4n) is 1.79. The number of unbranched alkanes of at least 4 members (excludes halogenated alkanes) is 7. The van der Waals surface area contributed by atoms with Crippen LogP contribution in [-0.2, 0) is 0 Å². The minimum absolute atomic E-state index is 1.17. The molecule has 0 radical (unpaired) electrons. The Kier molecular flexibility index (Phi) is 12.5. The topological polar surface area (TPSA) is 3.24 Å². The molecule has 0 bridgehead atoms. The van der Waals surface area contributed by atoms with Crippen LogP contribution in [0.3, 0.4) is 0 Å². The minimum atomic E-state index is 1.17. The number of nitrogens with zero attached hydrogens (tertiary/aromatic N) is 1. The third-order valence-electron chi connectivity index (χ3n) is 2.88. The lowest BCUT2D eigenvalue weighted by atomic mass is 10.1. The highest BCUT2D eigenvalue weighted by atomic mass is 15.0. The highest BCUT2D eigenvalue weighted by Crippen LogP contribution is 2.08. The highest BCUT2D eigenvalue weighted by molar-refractivity contribution is 4.81. The molecule has 0 aliphatic rings. The van der Waals surface area contributed by atoms with Gasteiger partial charge in [-0.25, -0.2) is 0 Å². The minimum Gasteiger partial charge on any atom is -0.309 e. The molecule has 0 saturated heterocycles. The monoisotopic (exact) mass is 225 g/mol. The normalized spacial score (nSPS) is 11.8. The summed E-state index contributed by atoms with van der Waals surface area (Å²) in [5, 5.41) is 0. The van der Waals surface area contributed by atoms with Crippen molar-refractivity contribution in [2.75, 3.05) is 20.6 Å². The molecule has 0 heterocycles. The van der Waals surface area contributed by atoms with Crippen molar-refractivity contribution in [3.05, 3.63) is 12.2 Å². The van der Waals surface area contributed by atoms with E-state index in [1.165, 1.54) is 64.3 Å². The first-order valence-corrected chi connectivity index (χ1v) is 7.07. The van der Waals surface area contributed by atoms with Crippen molar-refractivity contribution < 1.29 is 0 Å². The van der Waals surface area contributed by atoms with E-state index in [1.54, 1.807) is 0 Å². The summed E-state index contributed by atoms with van der Waals surface area (Å²) in [6.07, 6.45) is 17.1. The van der Waals surface area contributed by atoms with Gasteiger partial charge in [0.2, 0.25) is 0 Å². The standard InChI is InChI=1S/C15H31N/c1-4-5-6-7-8-9-10-11-12-13-14-15-16(2)3/h12-13H,4-11,14-15H2,1-3H3. The summed E-state index contributed by atoms with van der Waals surface area (Å²) in [7, 11) is 4.26. The Morgan fingerprint density at radius 1 is 0.750 bits per heavy atom. The molecule has 0 fully saturated rings. The first kappa shape index (κ1) is 15.7. The van der Waals surface area contributed by atoms with Crippen molar-refractivity contribution in [3.8, 4) is 0 Å². The summed E-state index contributed by atoms with van der Waals surface area (Å²) >= 11 is 0. The van der Waals surface area contributed by atoms with E-state index in [9.17, 15) is 0 Å². The molecule has 1 heteroatoms. The van der Waals surface area contributed by atoms with Gasteiger partial charge in [0.1, 0.15) is 0 Å². The average Bonchev–Trinajstić information content (AvgIpc) is 2.25. The quantitative estimate of drug-likeness (QED) is 0.366. The summed E-state index contributed by atoms with van der Waals surface area (Å²) < 4.78 is 0. The van der Waals surface area contributed by atoms with Crippen molar-refractivity contribution >= 4 is 0 Å². The molecule has 0 saturated carbocycles. The fraction of sp³-hybridized carbons (Fsp3) is 0.867. The van der Waals surface area contributed by atoms with Gasteiger partial charge in [-0.3, -0.25) is 0 Å². The van der Waals surface area contributed by atoms with E-state index < -0.39 is 0 Å². The Labute approximate surface area is 103 Å². The predicted octanol–water partition coefficient (Wildman–Crippen LogP) is 4.64. The van der Waals surface area contributed by atoms with E-state index in [0.29, 0.717) is 0 Å². The Hall–Kier alpha value is -0.300. The van der Waals surface area contributed by atoms with Gasteiger partial charge in [0.25, 0.3) is 0 Å². The Bertz CT molecular complexity index is 150. The maximum Gasteiger partial charge on any atom is 0.000980 e. The SMILES string of the molecule is CCCCCCCCCC=CCCN(C)C. The molecule has 0 amide bonds. The molecule has 0 aromatic heterocycles. The van der Waals surface area contributed by atoms with Gasteiger partial charge in [-0.05, 0) is 33.4 Å². The van der Waals surface area contributed by atoms with Gasteiger partial charge in [-0.1, -0.05) is 57.6 Å². The number of hydrogen-bond donors (Lipinski definition) is 0. The molecule has 0 aromatic carbocycles. The van der Waals surface area contributed by atoms with Crippen LogP contribution in [0.15, 0.2) is 12.2 Å². The molecule has 0 aliphatic carbocycles. The molecule has 0 N–H and O–H groups in total. The molecule has 0 rings (SSSR count). The fourth-order valence-corrected chi connectivity index (χ4v) is 1.79. The molecule has 0 aliphatic heterocycles. The van der Waals surface area contributed by atoms with Gasteiger partial charge >= 0.3 is 0 Å². The van der Waals surface area contributed by atoms with E-state index in [0.717, 1.165) is 0 Å². The lowest BCUT2D eigenvalue weighted by molar-refractivity contribution is 0.417. The zero-order chi connectivity index (χ0) is 12.1. The molecule has 96 valence electrons. The lowest BCUT2D eigenvalue weighted by Crippen LogP contribution is -2.11. The van der Waals surface area contributed by atoms with Crippen LogP contribution in [0.25, 0.3) is 0 Å². The number of hydrogen-bond acceptors (Lipinski definition) is 1. The van der Waals surface area contributed by atoms with Crippen LogP contribution in [0.5, 0.6) is 0 Å². The van der Waals surface area contributed by atoms with Crippen LogP contribution in [-0.4, -0.2) is 25.5 Å². The van der Waals surface area contributed by atoms with Crippen molar-refractivity contribution in [1.82, 2.24) is 4.90 Å². The second-order valence-corrected chi connectivity index (χ2v) is 4.97. The van der Waals surface area contributed by atoms with Crippen LogP contribution in [0.1, 0.15) is 64.7 Å². The van der Waals surface area contributed by atoms with Gasteiger partial charge in [-0.15, -0.1) is 0 Å². The molecule has 0 atom stereocenters. The first-order valence-electron chi connectivity index (χ1n) is 7.07. The third-order valence-corrected chi connectivity index (χ3v) is 2.88. The van der Waals surface area contributed by atoms with E-state index in [4.69, 9.17) is 0 Å². The second-order valence-electron chi connectivity index (χ2n) is 4.97. The van der Waals surface area contributed by atoms with E-state index in [2.05, 4.69) is 38.1 Å². The van der Waals surface area contributed by atoms with E-state index >= 15 is 0 Å². The summed E-state index contributed by atoms with van der Waals surface area (Å²) in [6, 6.07) is 0. The largest absolute Gasteiger partial charge is 0.309 e. The molecule has 1 nitrogen and oxygen atoms in total. The molecule has 0 unspecified atom stereocenters. The maximum atomic E-state index is 2.36. The molecule has 0 aromatic rings. The Morgan fingerprint density at radius 3 is 1.94 bits per heavy atom. The molecule has 0 spiro atoms. The Morgan fingerprint density at radius 2 is 1.31 bits per heavy atom.